The molecule has 0 aliphatic rings. The zero-order chi connectivity index (χ0) is 18.3. The molecule has 0 saturated carbocycles. The van der Waals surface area contributed by atoms with Gasteiger partial charge in [0.05, 0.1) is 23.8 Å². The van der Waals surface area contributed by atoms with Crippen molar-refractivity contribution in [2.24, 2.45) is 5.92 Å². The third-order valence-corrected chi connectivity index (χ3v) is 3.72. The summed E-state index contributed by atoms with van der Waals surface area (Å²) in [6.45, 7) is 7.39. The molecule has 24 heavy (non-hydrogen) atoms. The number of carboxylic acid groups (broad SMARTS) is 1. The highest BCUT2D eigenvalue weighted by Gasteiger charge is 2.19. The molecule has 2 rings (SSSR count). The van der Waals surface area contributed by atoms with Crippen LogP contribution in [0.1, 0.15) is 26.5 Å². The van der Waals surface area contributed by atoms with Crippen molar-refractivity contribution in [1.82, 2.24) is 20.4 Å². The summed E-state index contributed by atoms with van der Waals surface area (Å²) < 4.78 is 1.98. The van der Waals surface area contributed by atoms with E-state index in [2.05, 4.69) is 27.9 Å². The first-order valence-corrected chi connectivity index (χ1v) is 7.84. The predicted octanol–water partition coefficient (Wildman–Crippen LogP) is 1.75. The Balaban J connectivity index is 0.000000245. The second kappa shape index (κ2) is 9.02. The van der Waals surface area contributed by atoms with Crippen LogP contribution in [0.25, 0.3) is 10.9 Å². The second-order valence-electron chi connectivity index (χ2n) is 5.73. The van der Waals surface area contributed by atoms with Gasteiger partial charge in [0, 0.05) is 18.4 Å². The van der Waals surface area contributed by atoms with Crippen LogP contribution in [0.3, 0.4) is 0 Å². The van der Waals surface area contributed by atoms with E-state index in [-0.39, 0.29) is 11.9 Å². The molecule has 0 aliphatic carbocycles. The van der Waals surface area contributed by atoms with Crippen molar-refractivity contribution in [2.75, 3.05) is 7.05 Å². The highest BCUT2D eigenvalue weighted by molar-refractivity contribution is 5.81. The predicted molar refractivity (Wildman–Crippen MR) is 93.6 cm³/mol. The second-order valence-corrected chi connectivity index (χ2v) is 5.73. The van der Waals surface area contributed by atoms with Gasteiger partial charge in [-0.2, -0.15) is 5.10 Å². The fraction of sp³-hybridized carbons (Fsp3) is 0.471. The van der Waals surface area contributed by atoms with Gasteiger partial charge in [-0.1, -0.05) is 18.2 Å². The molecule has 1 aromatic heterocycles. The zero-order valence-corrected chi connectivity index (χ0v) is 14.8. The third kappa shape index (κ3) is 5.34. The molecule has 132 valence electrons. The number of amides is 1. The summed E-state index contributed by atoms with van der Waals surface area (Å²) >= 11 is 0. The molecule has 2 aromatic rings. The molecular weight excluding hydrogens is 308 g/mol. The van der Waals surface area contributed by atoms with Gasteiger partial charge in [-0.3, -0.25) is 14.3 Å². The number of carbonyl (C=O) groups is 2. The Bertz CT molecular complexity index is 696. The Morgan fingerprint density at radius 1 is 1.29 bits per heavy atom. The summed E-state index contributed by atoms with van der Waals surface area (Å²) in [5, 5.41) is 19.8. The largest absolute Gasteiger partial charge is 0.481 e. The van der Waals surface area contributed by atoms with Gasteiger partial charge in [0.1, 0.15) is 0 Å². The quantitative estimate of drug-likeness (QED) is 0.774. The number of fused-ring (bicyclic) bond motifs is 1. The summed E-state index contributed by atoms with van der Waals surface area (Å²) in [5.41, 5.74) is 2.28. The Labute approximate surface area is 142 Å². The summed E-state index contributed by atoms with van der Waals surface area (Å²) in [4.78, 5) is 20.8. The number of para-hydroxylation sites is 1. The van der Waals surface area contributed by atoms with Crippen molar-refractivity contribution >= 4 is 22.8 Å². The van der Waals surface area contributed by atoms with Crippen LogP contribution in [0.2, 0.25) is 0 Å². The molecule has 0 fully saturated rings. The van der Waals surface area contributed by atoms with Crippen LogP contribution < -0.4 is 10.6 Å². The number of benzene rings is 1. The smallest absolute Gasteiger partial charge is 0.308 e. The highest BCUT2D eigenvalue weighted by atomic mass is 16.4. The third-order valence-electron chi connectivity index (χ3n) is 3.72. The van der Waals surface area contributed by atoms with Crippen LogP contribution in [0, 0.1) is 12.8 Å². The van der Waals surface area contributed by atoms with Crippen LogP contribution in [0.15, 0.2) is 24.3 Å². The number of carbonyl (C=O) groups excluding carboxylic acids is 1. The number of aliphatic carboxylic acids is 1. The van der Waals surface area contributed by atoms with Crippen LogP contribution in [-0.4, -0.2) is 39.9 Å². The van der Waals surface area contributed by atoms with E-state index in [9.17, 15) is 9.59 Å². The minimum Gasteiger partial charge on any atom is -0.481 e. The van der Waals surface area contributed by atoms with Gasteiger partial charge in [0.15, 0.2) is 0 Å². The Hall–Kier alpha value is -2.41. The number of rotatable bonds is 5. The number of aryl methyl sites for hydroxylation is 1. The van der Waals surface area contributed by atoms with Crippen LogP contribution in [0.5, 0.6) is 0 Å². The standard InChI is InChI=1S/C10H13N3.C7H13NO3/c1-8-9-5-3-4-6-10(9)13(12-8)7-11-2;1-4(7(10)11)5(2)8-6(3)9/h3-6,11H,7H2,1-2H3;4-5H,1-3H3,(H,8,9)(H,10,11). The van der Waals surface area contributed by atoms with E-state index in [0.29, 0.717) is 0 Å². The van der Waals surface area contributed by atoms with Gasteiger partial charge in [-0.25, -0.2) is 0 Å². The first-order valence-electron chi connectivity index (χ1n) is 7.84. The number of nitrogens with one attached hydrogen (secondary N) is 2. The Morgan fingerprint density at radius 2 is 1.92 bits per heavy atom. The monoisotopic (exact) mass is 334 g/mol. The number of hydrogen-bond donors (Lipinski definition) is 3. The van der Waals surface area contributed by atoms with Crippen molar-refractivity contribution in [3.05, 3.63) is 30.0 Å². The molecule has 0 radical (unpaired) electrons. The topological polar surface area (TPSA) is 96.3 Å². The maximum Gasteiger partial charge on any atom is 0.308 e. The number of aromatic nitrogens is 2. The summed E-state index contributed by atoms with van der Waals surface area (Å²) in [6.07, 6.45) is 0. The van der Waals surface area contributed by atoms with E-state index in [0.717, 1.165) is 12.4 Å². The number of nitrogens with zero attached hydrogens (tertiary/aromatic N) is 2. The fourth-order valence-corrected chi connectivity index (χ4v) is 2.22. The van der Waals surface area contributed by atoms with Crippen LogP contribution >= 0.6 is 0 Å². The average molecular weight is 334 g/mol. The molecule has 2 atom stereocenters. The average Bonchev–Trinajstić information content (AvgIpc) is 2.84. The molecule has 1 aromatic carbocycles. The summed E-state index contributed by atoms with van der Waals surface area (Å²) in [6, 6.07) is 7.96. The first-order chi connectivity index (χ1) is 11.3. The molecule has 1 amide bonds. The lowest BCUT2D eigenvalue weighted by molar-refractivity contribution is -0.142. The Kier molecular flexibility index (Phi) is 7.38. The molecule has 0 aliphatic heterocycles. The number of hydrogen-bond acceptors (Lipinski definition) is 4. The van der Waals surface area contributed by atoms with Crippen molar-refractivity contribution < 1.29 is 14.7 Å². The van der Waals surface area contributed by atoms with E-state index in [1.54, 1.807) is 13.8 Å². The lowest BCUT2D eigenvalue weighted by atomic mass is 10.0. The molecule has 0 bridgehead atoms. The molecule has 0 spiro atoms. The first kappa shape index (κ1) is 19.6. The van der Waals surface area contributed by atoms with E-state index in [4.69, 9.17) is 5.11 Å². The summed E-state index contributed by atoms with van der Waals surface area (Å²) in [7, 11) is 1.92. The molecule has 0 saturated heterocycles. The van der Waals surface area contributed by atoms with Crippen molar-refractivity contribution in [3.63, 3.8) is 0 Å². The van der Waals surface area contributed by atoms with E-state index < -0.39 is 11.9 Å². The summed E-state index contributed by atoms with van der Waals surface area (Å²) in [5.74, 6) is -1.64. The zero-order valence-electron chi connectivity index (χ0n) is 14.8. The van der Waals surface area contributed by atoms with Gasteiger partial charge in [0.2, 0.25) is 5.91 Å². The van der Waals surface area contributed by atoms with Gasteiger partial charge in [-0.05, 0) is 33.9 Å². The van der Waals surface area contributed by atoms with Crippen molar-refractivity contribution in [2.45, 2.75) is 40.4 Å². The molecule has 1 heterocycles. The van der Waals surface area contributed by atoms with Crippen molar-refractivity contribution in [1.29, 1.82) is 0 Å². The minimum absolute atomic E-state index is 0.203. The molecule has 7 nitrogen and oxygen atoms in total. The van der Waals surface area contributed by atoms with Crippen LogP contribution in [0.4, 0.5) is 0 Å². The van der Waals surface area contributed by atoms with Gasteiger partial charge in [0.25, 0.3) is 0 Å². The van der Waals surface area contributed by atoms with E-state index in [1.165, 1.54) is 17.8 Å². The van der Waals surface area contributed by atoms with Gasteiger partial charge >= 0.3 is 5.97 Å². The van der Waals surface area contributed by atoms with Crippen molar-refractivity contribution in [3.8, 4) is 0 Å². The van der Waals surface area contributed by atoms with Gasteiger partial charge < -0.3 is 15.7 Å². The molecule has 7 heteroatoms. The normalized spacial score (nSPS) is 12.9. The Morgan fingerprint density at radius 3 is 2.46 bits per heavy atom. The molecule has 2 unspecified atom stereocenters. The number of carboxylic acids is 1. The van der Waals surface area contributed by atoms with Crippen LogP contribution in [-0.2, 0) is 16.3 Å². The van der Waals surface area contributed by atoms with E-state index >= 15 is 0 Å². The lowest BCUT2D eigenvalue weighted by Gasteiger charge is -2.15. The maximum absolute atomic E-state index is 10.5. The lowest BCUT2D eigenvalue weighted by Crippen LogP contribution is -2.38. The van der Waals surface area contributed by atoms with Gasteiger partial charge in [-0.15, -0.1) is 0 Å². The highest BCUT2D eigenvalue weighted by Crippen LogP contribution is 2.16. The fourth-order valence-electron chi connectivity index (χ4n) is 2.22. The minimum atomic E-state index is -0.897. The molecule has 3 N–H and O–H groups in total. The van der Waals surface area contributed by atoms with E-state index in [1.807, 2.05) is 30.8 Å². The SMILES string of the molecule is CC(=O)NC(C)C(C)C(=O)O.CNCn1nc(C)c2ccccc21. The maximum atomic E-state index is 10.5. The molecular formula is C17H26N4O3.